The van der Waals surface area contributed by atoms with Crippen LogP contribution in [0.4, 0.5) is 0 Å². The van der Waals surface area contributed by atoms with E-state index in [1.165, 1.54) is 48.0 Å². The van der Waals surface area contributed by atoms with Crippen LogP contribution in [0, 0.1) is 12.0 Å². The molecule has 0 bridgehead atoms. The average molecular weight is 465 g/mol. The zero-order chi connectivity index (χ0) is 24.0. The van der Waals surface area contributed by atoms with E-state index < -0.39 is 0 Å². The largest absolute Gasteiger partial charge is 0.279 e. The lowest BCUT2D eigenvalue weighted by molar-refractivity contribution is -0.417. The summed E-state index contributed by atoms with van der Waals surface area (Å²) in [6, 6.07) is 16.7. The lowest BCUT2D eigenvalue weighted by atomic mass is 9.81. The summed E-state index contributed by atoms with van der Waals surface area (Å²) in [6.45, 7) is 15.7. The molecule has 2 aromatic carbocycles. The summed E-state index contributed by atoms with van der Waals surface area (Å²) in [7, 11) is 0. The van der Waals surface area contributed by atoms with Gasteiger partial charge in [0.1, 0.15) is 12.2 Å². The average Bonchev–Trinajstić information content (AvgIpc) is 3.20. The van der Waals surface area contributed by atoms with E-state index in [1.54, 1.807) is 0 Å². The molecule has 3 heteroatoms. The Morgan fingerprint density at radius 3 is 2.65 bits per heavy atom. The third-order valence-corrected chi connectivity index (χ3v) is 7.60. The summed E-state index contributed by atoms with van der Waals surface area (Å²) in [5.41, 5.74) is 4.95. The van der Waals surface area contributed by atoms with Crippen LogP contribution in [0.2, 0.25) is 0 Å². The molecule has 0 radical (unpaired) electrons. The molecule has 0 N–H and O–H groups in total. The first kappa shape index (κ1) is 22.6. The Bertz CT molecular complexity index is 1460. The van der Waals surface area contributed by atoms with Crippen LogP contribution in [0.1, 0.15) is 56.2 Å². The van der Waals surface area contributed by atoms with Crippen molar-refractivity contribution >= 4 is 44.5 Å². The second kappa shape index (κ2) is 8.56. The molecule has 2 nitrogen and oxygen atoms in total. The van der Waals surface area contributed by atoms with E-state index in [9.17, 15) is 0 Å². The van der Waals surface area contributed by atoms with Crippen molar-refractivity contribution in [2.24, 2.45) is 5.92 Å². The van der Waals surface area contributed by atoms with Gasteiger partial charge >= 0.3 is 0 Å². The molecule has 0 aliphatic carbocycles. The summed E-state index contributed by atoms with van der Waals surface area (Å²) in [5.74, 6) is 0.642. The van der Waals surface area contributed by atoms with Crippen LogP contribution in [0.5, 0.6) is 0 Å². The van der Waals surface area contributed by atoms with E-state index in [4.69, 9.17) is 0 Å². The molecule has 4 aromatic rings. The molecule has 172 valence electrons. The van der Waals surface area contributed by atoms with Gasteiger partial charge in [-0.05, 0) is 58.0 Å². The van der Waals surface area contributed by atoms with Gasteiger partial charge in [0.05, 0.1) is 27.6 Å². The third kappa shape index (κ3) is 4.21. The molecular weight excluding hydrogens is 432 g/mol. The van der Waals surface area contributed by atoms with Crippen LogP contribution < -0.4 is 0 Å². The Morgan fingerprint density at radius 2 is 1.88 bits per heavy atom. The maximum Gasteiger partial charge on any atom is 0.147 e. The minimum atomic E-state index is 0.0402. The fourth-order valence-electron chi connectivity index (χ4n) is 4.75. The highest BCUT2D eigenvalue weighted by Crippen LogP contribution is 2.38. The molecule has 1 aliphatic rings. The molecule has 0 atom stereocenters. The summed E-state index contributed by atoms with van der Waals surface area (Å²) < 4.78 is 3.29. The summed E-state index contributed by atoms with van der Waals surface area (Å²) in [4.78, 5) is 6.00. The zero-order valence-electron chi connectivity index (χ0n) is 20.7. The molecule has 0 saturated carbocycles. The second-order valence-corrected chi connectivity index (χ2v) is 11.8. The van der Waals surface area contributed by atoms with Crippen LogP contribution in [-0.2, 0) is 11.8 Å². The van der Waals surface area contributed by atoms with Crippen molar-refractivity contribution in [1.82, 2.24) is 4.98 Å². The van der Waals surface area contributed by atoms with E-state index in [1.807, 2.05) is 28.3 Å². The van der Waals surface area contributed by atoms with Crippen LogP contribution >= 0.6 is 11.3 Å². The lowest BCUT2D eigenvalue weighted by Crippen LogP contribution is -2.17. The van der Waals surface area contributed by atoms with E-state index in [0.29, 0.717) is 5.92 Å². The zero-order valence-corrected chi connectivity index (χ0v) is 21.5. The highest BCUT2D eigenvalue weighted by Gasteiger charge is 2.23. The molecule has 1 aliphatic heterocycles. The Morgan fingerprint density at radius 1 is 1.09 bits per heavy atom. The summed E-state index contributed by atoms with van der Waals surface area (Å²) >= 11 is 1.90. The molecule has 2 aromatic heterocycles. The number of hydrogen-bond donors (Lipinski definition) is 0. The molecule has 34 heavy (non-hydrogen) atoms. The van der Waals surface area contributed by atoms with Gasteiger partial charge in [-0.2, -0.15) is 0 Å². The van der Waals surface area contributed by atoms with Crippen molar-refractivity contribution in [3.05, 3.63) is 101 Å². The first-order chi connectivity index (χ1) is 16.2. The molecule has 0 amide bonds. The van der Waals surface area contributed by atoms with Crippen molar-refractivity contribution in [2.45, 2.75) is 46.5 Å². The molecule has 0 spiro atoms. The van der Waals surface area contributed by atoms with Crippen molar-refractivity contribution in [3.8, 4) is 0 Å². The lowest BCUT2D eigenvalue weighted by Gasteiger charge is -2.27. The summed E-state index contributed by atoms with van der Waals surface area (Å²) in [6.07, 6.45) is 11.6. The number of rotatable bonds is 4. The van der Waals surface area contributed by atoms with Crippen molar-refractivity contribution in [1.29, 1.82) is 0 Å². The van der Waals surface area contributed by atoms with E-state index in [2.05, 4.69) is 107 Å². The van der Waals surface area contributed by atoms with Crippen LogP contribution in [0.15, 0.2) is 73.2 Å². The number of nitrogens with zero attached hydrogens (tertiary/aromatic N) is 2. The highest BCUT2D eigenvalue weighted by atomic mass is 32.1. The molecular formula is C31H32N2S. The van der Waals surface area contributed by atoms with Gasteiger partial charge < -0.3 is 0 Å². The van der Waals surface area contributed by atoms with E-state index in [0.717, 1.165) is 12.5 Å². The van der Waals surface area contributed by atoms with Gasteiger partial charge in [-0.1, -0.05) is 87.5 Å². The monoisotopic (exact) mass is 464 g/mol. The van der Waals surface area contributed by atoms with Gasteiger partial charge in [-0.15, -0.1) is 6.07 Å². The topological polar surface area (TPSA) is 15.9 Å². The molecule has 0 unspecified atom stereocenters. The van der Waals surface area contributed by atoms with Crippen LogP contribution in [0.3, 0.4) is 0 Å². The van der Waals surface area contributed by atoms with Gasteiger partial charge in [0, 0.05) is 6.20 Å². The van der Waals surface area contributed by atoms with Gasteiger partial charge in [0.2, 0.25) is 0 Å². The Kier molecular flexibility index (Phi) is 5.69. The molecule has 5 rings (SSSR count). The van der Waals surface area contributed by atoms with E-state index in [-0.39, 0.29) is 5.41 Å². The Balaban J connectivity index is 1.63. The fraction of sp³-hybridized carbons (Fsp3) is 0.258. The van der Waals surface area contributed by atoms with Gasteiger partial charge in [-0.3, -0.25) is 9.56 Å². The van der Waals surface area contributed by atoms with Crippen LogP contribution in [-0.4, -0.2) is 16.3 Å². The van der Waals surface area contributed by atoms with E-state index >= 15 is 0 Å². The second-order valence-electron chi connectivity index (χ2n) is 10.7. The van der Waals surface area contributed by atoms with Crippen molar-refractivity contribution < 1.29 is 4.58 Å². The SMILES string of the molecule is C=[N+]1C=CC(c2cncc3c[c-](CC(C)C)[s+]c23)=C[C-]1c1cc(C(C)(C)C)c2ccccc2c1. The van der Waals surface area contributed by atoms with Gasteiger partial charge in [0.25, 0.3) is 0 Å². The quantitative estimate of drug-likeness (QED) is 0.169. The summed E-state index contributed by atoms with van der Waals surface area (Å²) in [5, 5.41) is 3.80. The first-order valence-corrected chi connectivity index (χ1v) is 12.8. The minimum absolute atomic E-state index is 0.0402. The number of hydrogen-bond acceptors (Lipinski definition) is 1. The maximum absolute atomic E-state index is 4.58. The number of benzene rings is 2. The Labute approximate surface area is 207 Å². The third-order valence-electron chi connectivity index (χ3n) is 6.40. The van der Waals surface area contributed by atoms with Crippen LogP contribution in [0.25, 0.3) is 26.4 Å². The van der Waals surface area contributed by atoms with Gasteiger partial charge in [-0.25, -0.2) is 0 Å². The standard InChI is InChI=1S/C31H32N2S/c1-20(2)13-25-15-24-18-32-19-27(30(24)34-25)22-11-12-33(6)29(17-22)23-14-21-9-7-8-10-26(21)28(16-23)31(3,4)5/h7-12,14-20H,6,13H2,1-5H3. The Hall–Kier alpha value is -3.17. The van der Waals surface area contributed by atoms with Crippen molar-refractivity contribution in [2.75, 3.05) is 0 Å². The smallest absolute Gasteiger partial charge is 0.147 e. The maximum atomic E-state index is 4.58. The normalized spacial score (nSPS) is 14.5. The first-order valence-electron chi connectivity index (χ1n) is 12.0. The predicted molar refractivity (Wildman–Crippen MR) is 148 cm³/mol. The molecule has 0 saturated heterocycles. The minimum Gasteiger partial charge on any atom is -0.279 e. The van der Waals surface area contributed by atoms with Gasteiger partial charge in [0.15, 0.2) is 0 Å². The fourth-order valence-corrected chi connectivity index (χ4v) is 6.12. The predicted octanol–water partition coefficient (Wildman–Crippen LogP) is 8.15. The molecule has 0 fully saturated rings. The molecule has 3 heterocycles. The van der Waals surface area contributed by atoms with Crippen molar-refractivity contribution in [3.63, 3.8) is 0 Å². The highest BCUT2D eigenvalue weighted by molar-refractivity contribution is 7.19. The number of aromatic nitrogens is 1. The number of thiophene rings is 1. The number of fused-ring (bicyclic) bond motifs is 2. The number of pyridine rings is 1. The number of allylic oxidation sites excluding steroid dienone is 2.